The van der Waals surface area contributed by atoms with E-state index in [1.807, 2.05) is 24.3 Å². The molecule has 0 unspecified atom stereocenters. The second-order valence-electron chi connectivity index (χ2n) is 3.53. The topological polar surface area (TPSA) is 46.3 Å². The Kier molecular flexibility index (Phi) is 2.25. The fraction of sp³-hybridized carbons (Fsp3) is 0.364. The van der Waals surface area contributed by atoms with Crippen molar-refractivity contribution in [1.82, 2.24) is 0 Å². The standard InChI is InChI=1S/C11H14N2O/c1-2-7-13-9-6-4-3-5-8(9)10(12)11(13)14/h3-6,10H,2,7,12H2,1H3/t10-/m1/s1. The minimum atomic E-state index is -0.460. The lowest BCUT2D eigenvalue weighted by Crippen LogP contribution is -2.32. The molecule has 0 radical (unpaired) electrons. The molecule has 1 amide bonds. The minimum absolute atomic E-state index is 0.0213. The maximum Gasteiger partial charge on any atom is 0.248 e. The molecule has 0 bridgehead atoms. The van der Waals surface area contributed by atoms with Crippen molar-refractivity contribution in [2.45, 2.75) is 19.4 Å². The average molecular weight is 190 g/mol. The molecule has 1 atom stereocenters. The van der Waals surface area contributed by atoms with Crippen molar-refractivity contribution in [3.8, 4) is 0 Å². The van der Waals surface area contributed by atoms with E-state index in [1.54, 1.807) is 4.90 Å². The number of carbonyl (C=O) groups excluding carboxylic acids is 1. The van der Waals surface area contributed by atoms with Gasteiger partial charge in [0.05, 0.1) is 0 Å². The van der Waals surface area contributed by atoms with Gasteiger partial charge in [0.1, 0.15) is 6.04 Å². The first kappa shape index (κ1) is 9.21. The molecule has 0 aromatic heterocycles. The van der Waals surface area contributed by atoms with Crippen molar-refractivity contribution in [3.05, 3.63) is 29.8 Å². The van der Waals surface area contributed by atoms with Crippen LogP contribution in [0.3, 0.4) is 0 Å². The van der Waals surface area contributed by atoms with E-state index in [2.05, 4.69) is 6.92 Å². The van der Waals surface area contributed by atoms with Crippen molar-refractivity contribution in [2.24, 2.45) is 5.73 Å². The summed E-state index contributed by atoms with van der Waals surface area (Å²) in [6.07, 6.45) is 0.951. The van der Waals surface area contributed by atoms with Crippen molar-refractivity contribution in [2.75, 3.05) is 11.4 Å². The summed E-state index contributed by atoms with van der Waals surface area (Å²) in [7, 11) is 0. The van der Waals surface area contributed by atoms with Crippen LogP contribution in [0.25, 0.3) is 0 Å². The van der Waals surface area contributed by atoms with Gasteiger partial charge >= 0.3 is 0 Å². The molecule has 0 saturated heterocycles. The highest BCUT2D eigenvalue weighted by Crippen LogP contribution is 2.33. The summed E-state index contributed by atoms with van der Waals surface area (Å²) < 4.78 is 0. The Hall–Kier alpha value is -1.35. The molecule has 2 rings (SSSR count). The molecule has 14 heavy (non-hydrogen) atoms. The Morgan fingerprint density at radius 3 is 2.86 bits per heavy atom. The molecule has 0 saturated carbocycles. The molecule has 1 aliphatic rings. The zero-order valence-electron chi connectivity index (χ0n) is 8.23. The molecule has 2 N–H and O–H groups in total. The van der Waals surface area contributed by atoms with Gasteiger partial charge in [0.2, 0.25) is 5.91 Å². The first-order valence-electron chi connectivity index (χ1n) is 4.91. The van der Waals surface area contributed by atoms with Gasteiger partial charge in [-0.3, -0.25) is 4.79 Å². The van der Waals surface area contributed by atoms with E-state index in [4.69, 9.17) is 5.73 Å². The summed E-state index contributed by atoms with van der Waals surface area (Å²) in [5, 5.41) is 0. The molecule has 0 fully saturated rings. The van der Waals surface area contributed by atoms with E-state index >= 15 is 0 Å². The molecule has 1 aromatic carbocycles. The lowest BCUT2D eigenvalue weighted by molar-refractivity contribution is -0.119. The van der Waals surface area contributed by atoms with Gasteiger partial charge in [0.15, 0.2) is 0 Å². The molecule has 3 nitrogen and oxygen atoms in total. The SMILES string of the molecule is CCCN1C(=O)[C@H](N)c2ccccc21. The van der Waals surface area contributed by atoms with Crippen LogP contribution in [0.2, 0.25) is 0 Å². The molecule has 1 heterocycles. The molecule has 0 spiro atoms. The van der Waals surface area contributed by atoms with Gasteiger partial charge in [-0.1, -0.05) is 25.1 Å². The number of hydrogen-bond acceptors (Lipinski definition) is 2. The number of nitrogens with two attached hydrogens (primary N) is 1. The Morgan fingerprint density at radius 1 is 1.43 bits per heavy atom. The maximum atomic E-state index is 11.8. The zero-order chi connectivity index (χ0) is 10.1. The Bertz CT molecular complexity index is 362. The van der Waals surface area contributed by atoms with Crippen LogP contribution in [0.1, 0.15) is 24.9 Å². The van der Waals surface area contributed by atoms with Gasteiger partial charge in [-0.15, -0.1) is 0 Å². The highest BCUT2D eigenvalue weighted by Gasteiger charge is 2.33. The van der Waals surface area contributed by atoms with Crippen molar-refractivity contribution >= 4 is 11.6 Å². The zero-order valence-corrected chi connectivity index (χ0v) is 8.23. The normalized spacial score (nSPS) is 20.0. The molecule has 3 heteroatoms. The van der Waals surface area contributed by atoms with Crippen LogP contribution in [0, 0.1) is 0 Å². The third-order valence-corrected chi connectivity index (χ3v) is 2.54. The minimum Gasteiger partial charge on any atom is -0.316 e. The number of rotatable bonds is 2. The smallest absolute Gasteiger partial charge is 0.248 e. The number of amides is 1. The number of anilines is 1. The molecular formula is C11H14N2O. The number of benzene rings is 1. The summed E-state index contributed by atoms with van der Waals surface area (Å²) in [6.45, 7) is 2.81. The van der Waals surface area contributed by atoms with Gasteiger partial charge in [-0.2, -0.15) is 0 Å². The predicted octanol–water partition coefficient (Wildman–Crippen LogP) is 1.44. The molecule has 74 valence electrons. The fourth-order valence-electron chi connectivity index (χ4n) is 1.87. The lowest BCUT2D eigenvalue weighted by atomic mass is 10.1. The van der Waals surface area contributed by atoms with E-state index in [9.17, 15) is 4.79 Å². The summed E-state index contributed by atoms with van der Waals surface area (Å²) in [4.78, 5) is 13.5. The number of hydrogen-bond donors (Lipinski definition) is 1. The highest BCUT2D eigenvalue weighted by atomic mass is 16.2. The predicted molar refractivity (Wildman–Crippen MR) is 56.0 cm³/mol. The second-order valence-corrected chi connectivity index (χ2v) is 3.53. The van der Waals surface area contributed by atoms with E-state index in [0.29, 0.717) is 0 Å². The van der Waals surface area contributed by atoms with Gasteiger partial charge < -0.3 is 10.6 Å². The quantitative estimate of drug-likeness (QED) is 0.767. The van der Waals surface area contributed by atoms with Crippen LogP contribution in [-0.2, 0) is 4.79 Å². The van der Waals surface area contributed by atoms with Crippen LogP contribution in [0.4, 0.5) is 5.69 Å². The number of carbonyl (C=O) groups is 1. The fourth-order valence-corrected chi connectivity index (χ4v) is 1.87. The third kappa shape index (κ3) is 1.21. The number of fused-ring (bicyclic) bond motifs is 1. The molecule has 0 aliphatic carbocycles. The average Bonchev–Trinajstić information content (AvgIpc) is 2.45. The second kappa shape index (κ2) is 3.42. The summed E-state index contributed by atoms with van der Waals surface area (Å²) in [5.41, 5.74) is 7.75. The van der Waals surface area contributed by atoms with E-state index in [-0.39, 0.29) is 5.91 Å². The maximum absolute atomic E-state index is 11.8. The van der Waals surface area contributed by atoms with Crippen LogP contribution in [-0.4, -0.2) is 12.5 Å². The molecule has 1 aromatic rings. The number of nitrogens with zero attached hydrogens (tertiary/aromatic N) is 1. The van der Waals surface area contributed by atoms with E-state index in [1.165, 1.54) is 0 Å². The van der Waals surface area contributed by atoms with Gasteiger partial charge in [0, 0.05) is 17.8 Å². The van der Waals surface area contributed by atoms with Crippen LogP contribution in [0.5, 0.6) is 0 Å². The molecule has 1 aliphatic heterocycles. The van der Waals surface area contributed by atoms with Crippen LogP contribution >= 0.6 is 0 Å². The van der Waals surface area contributed by atoms with Gasteiger partial charge in [-0.05, 0) is 12.5 Å². The van der Waals surface area contributed by atoms with Gasteiger partial charge in [0.25, 0.3) is 0 Å². The summed E-state index contributed by atoms with van der Waals surface area (Å²) in [6, 6.07) is 7.27. The lowest BCUT2D eigenvalue weighted by Gasteiger charge is -2.15. The Balaban J connectivity index is 2.42. The van der Waals surface area contributed by atoms with Crippen LogP contribution < -0.4 is 10.6 Å². The Morgan fingerprint density at radius 2 is 2.14 bits per heavy atom. The third-order valence-electron chi connectivity index (χ3n) is 2.54. The van der Waals surface area contributed by atoms with Gasteiger partial charge in [-0.25, -0.2) is 0 Å². The number of para-hydroxylation sites is 1. The van der Waals surface area contributed by atoms with Crippen LogP contribution in [0.15, 0.2) is 24.3 Å². The monoisotopic (exact) mass is 190 g/mol. The van der Waals surface area contributed by atoms with Crippen molar-refractivity contribution in [1.29, 1.82) is 0 Å². The first-order valence-corrected chi connectivity index (χ1v) is 4.91. The molecular weight excluding hydrogens is 176 g/mol. The largest absolute Gasteiger partial charge is 0.316 e. The van der Waals surface area contributed by atoms with E-state index < -0.39 is 6.04 Å². The summed E-state index contributed by atoms with van der Waals surface area (Å²) in [5.74, 6) is 0.0213. The van der Waals surface area contributed by atoms with E-state index in [0.717, 1.165) is 24.2 Å². The summed E-state index contributed by atoms with van der Waals surface area (Å²) >= 11 is 0. The van der Waals surface area contributed by atoms with Crippen molar-refractivity contribution in [3.63, 3.8) is 0 Å². The highest BCUT2D eigenvalue weighted by molar-refractivity contribution is 6.04. The first-order chi connectivity index (χ1) is 6.75. The Labute approximate surface area is 83.5 Å². The van der Waals surface area contributed by atoms with Crippen molar-refractivity contribution < 1.29 is 4.79 Å².